The molecule has 1 aromatic rings. The molecule has 1 saturated heterocycles. The molecule has 2 rings (SSSR count). The van der Waals surface area contributed by atoms with Crippen LogP contribution in [-0.2, 0) is 10.2 Å². The lowest BCUT2D eigenvalue weighted by atomic mass is 10.1. The monoisotopic (exact) mass is 308 g/mol. The van der Waals surface area contributed by atoms with Crippen molar-refractivity contribution in [2.24, 2.45) is 0 Å². The molecular formula is C15H20N2O3S. The number of nitrogens with zero attached hydrogens (tertiary/aromatic N) is 1. The Morgan fingerprint density at radius 2 is 2.05 bits per heavy atom. The van der Waals surface area contributed by atoms with E-state index in [1.807, 2.05) is 19.1 Å². The summed E-state index contributed by atoms with van der Waals surface area (Å²) in [6.07, 6.45) is 2.22. The number of rotatable bonds is 4. The number of benzene rings is 1. The van der Waals surface area contributed by atoms with Crippen LogP contribution in [0.4, 0.5) is 5.69 Å². The predicted molar refractivity (Wildman–Crippen MR) is 83.1 cm³/mol. The van der Waals surface area contributed by atoms with Gasteiger partial charge in [-0.2, -0.15) is 12.7 Å². The van der Waals surface area contributed by atoms with Crippen molar-refractivity contribution in [3.63, 3.8) is 0 Å². The van der Waals surface area contributed by atoms with E-state index in [-0.39, 0.29) is 6.61 Å². The summed E-state index contributed by atoms with van der Waals surface area (Å²) in [5.74, 6) is 5.74. The van der Waals surface area contributed by atoms with E-state index in [0.717, 1.165) is 24.0 Å². The molecular weight excluding hydrogens is 288 g/mol. The maximum absolute atomic E-state index is 12.3. The van der Waals surface area contributed by atoms with E-state index in [9.17, 15) is 8.42 Å². The summed E-state index contributed by atoms with van der Waals surface area (Å²) in [4.78, 5) is 0. The standard InChI is InChI=1S/C15H20N2O3S/c1-13-7-8-14(6-2-5-11-18)12-15(13)16-21(19,20)17-9-3-4-10-17/h7-8,12,16,18H,3-5,9-11H2,1H3. The lowest BCUT2D eigenvalue weighted by molar-refractivity contribution is 0.305. The molecule has 1 heterocycles. The highest BCUT2D eigenvalue weighted by atomic mass is 32.2. The summed E-state index contributed by atoms with van der Waals surface area (Å²) in [5.41, 5.74) is 2.14. The van der Waals surface area contributed by atoms with Gasteiger partial charge in [-0.05, 0) is 37.5 Å². The van der Waals surface area contributed by atoms with Crippen LogP contribution in [0.15, 0.2) is 18.2 Å². The van der Waals surface area contributed by atoms with Gasteiger partial charge in [-0.25, -0.2) is 0 Å². The van der Waals surface area contributed by atoms with E-state index < -0.39 is 10.2 Å². The maximum atomic E-state index is 12.3. The Morgan fingerprint density at radius 1 is 1.33 bits per heavy atom. The van der Waals surface area contributed by atoms with Crippen molar-refractivity contribution in [1.29, 1.82) is 0 Å². The van der Waals surface area contributed by atoms with Gasteiger partial charge in [0.25, 0.3) is 0 Å². The summed E-state index contributed by atoms with van der Waals surface area (Å²) in [5, 5.41) is 8.72. The molecule has 0 aromatic heterocycles. The Bertz CT molecular complexity index is 653. The van der Waals surface area contributed by atoms with Crippen LogP contribution in [0, 0.1) is 18.8 Å². The molecule has 1 aliphatic heterocycles. The van der Waals surface area contributed by atoms with Gasteiger partial charge >= 0.3 is 10.2 Å². The number of aryl methyl sites for hydroxylation is 1. The molecule has 0 spiro atoms. The van der Waals surface area contributed by atoms with E-state index >= 15 is 0 Å². The zero-order valence-electron chi connectivity index (χ0n) is 12.1. The van der Waals surface area contributed by atoms with Gasteiger partial charge in [0.05, 0.1) is 12.3 Å². The molecule has 2 N–H and O–H groups in total. The third kappa shape index (κ3) is 4.21. The van der Waals surface area contributed by atoms with E-state index in [1.165, 1.54) is 4.31 Å². The molecule has 1 aliphatic rings. The summed E-state index contributed by atoms with van der Waals surface area (Å²) in [6, 6.07) is 5.41. The summed E-state index contributed by atoms with van der Waals surface area (Å²) in [6.45, 7) is 3.02. The summed E-state index contributed by atoms with van der Waals surface area (Å²) in [7, 11) is -3.48. The summed E-state index contributed by atoms with van der Waals surface area (Å²) < 4.78 is 28.7. The third-order valence-electron chi connectivity index (χ3n) is 3.35. The zero-order chi connectivity index (χ0) is 15.3. The molecule has 0 bridgehead atoms. The predicted octanol–water partition coefficient (Wildman–Crippen LogP) is 1.48. The first kappa shape index (κ1) is 15.8. The first-order valence-electron chi connectivity index (χ1n) is 7.01. The van der Waals surface area contributed by atoms with Gasteiger partial charge < -0.3 is 5.11 Å². The fourth-order valence-corrected chi connectivity index (χ4v) is 3.53. The Kier molecular flexibility index (Phi) is 5.23. The highest BCUT2D eigenvalue weighted by Gasteiger charge is 2.25. The Hall–Kier alpha value is -1.55. The number of aliphatic hydroxyl groups excluding tert-OH is 1. The first-order chi connectivity index (χ1) is 10.0. The molecule has 0 saturated carbocycles. The molecule has 0 radical (unpaired) electrons. The first-order valence-corrected chi connectivity index (χ1v) is 8.45. The van der Waals surface area contributed by atoms with Crippen LogP contribution in [-0.4, -0.2) is 37.5 Å². The second-order valence-electron chi connectivity index (χ2n) is 5.02. The molecule has 0 aliphatic carbocycles. The number of hydrogen-bond acceptors (Lipinski definition) is 3. The molecule has 0 atom stereocenters. The van der Waals surface area contributed by atoms with Crippen LogP contribution < -0.4 is 4.72 Å². The topological polar surface area (TPSA) is 69.6 Å². The van der Waals surface area contributed by atoms with Crippen LogP contribution in [0.5, 0.6) is 0 Å². The molecule has 1 aromatic carbocycles. The van der Waals surface area contributed by atoms with Gasteiger partial charge in [-0.1, -0.05) is 17.9 Å². The highest BCUT2D eigenvalue weighted by molar-refractivity contribution is 7.90. The van der Waals surface area contributed by atoms with E-state index in [2.05, 4.69) is 16.6 Å². The van der Waals surface area contributed by atoms with Crippen LogP contribution in [0.2, 0.25) is 0 Å². The molecule has 21 heavy (non-hydrogen) atoms. The fraction of sp³-hybridized carbons (Fsp3) is 0.467. The maximum Gasteiger partial charge on any atom is 0.301 e. The van der Waals surface area contributed by atoms with Gasteiger partial charge in [-0.3, -0.25) is 4.72 Å². The minimum absolute atomic E-state index is 0.0211. The highest BCUT2D eigenvalue weighted by Crippen LogP contribution is 2.21. The second-order valence-corrected chi connectivity index (χ2v) is 6.69. The Labute approximate surface area is 126 Å². The van der Waals surface area contributed by atoms with Crippen molar-refractivity contribution in [3.05, 3.63) is 29.3 Å². The molecule has 1 fully saturated rings. The van der Waals surface area contributed by atoms with Gasteiger partial charge in [0.2, 0.25) is 0 Å². The molecule has 5 nitrogen and oxygen atoms in total. The van der Waals surface area contributed by atoms with Crippen LogP contribution in [0.1, 0.15) is 30.4 Å². The van der Waals surface area contributed by atoms with Crippen molar-refractivity contribution in [2.75, 3.05) is 24.4 Å². The van der Waals surface area contributed by atoms with Gasteiger partial charge in [0.1, 0.15) is 0 Å². The molecule has 114 valence electrons. The third-order valence-corrected chi connectivity index (χ3v) is 4.87. The average Bonchev–Trinajstić information content (AvgIpc) is 2.97. The quantitative estimate of drug-likeness (QED) is 0.828. The summed E-state index contributed by atoms with van der Waals surface area (Å²) >= 11 is 0. The van der Waals surface area contributed by atoms with Crippen LogP contribution in [0.3, 0.4) is 0 Å². The van der Waals surface area contributed by atoms with Crippen LogP contribution >= 0.6 is 0 Å². The molecule has 0 unspecified atom stereocenters. The number of hydrogen-bond donors (Lipinski definition) is 2. The normalized spacial score (nSPS) is 15.5. The smallest absolute Gasteiger partial charge is 0.301 e. The number of anilines is 1. The zero-order valence-corrected chi connectivity index (χ0v) is 12.9. The minimum atomic E-state index is -3.48. The Balaban J connectivity index is 2.19. The van der Waals surface area contributed by atoms with E-state index in [1.54, 1.807) is 6.07 Å². The van der Waals surface area contributed by atoms with Gasteiger partial charge in [0, 0.05) is 25.1 Å². The van der Waals surface area contributed by atoms with Crippen molar-refractivity contribution >= 4 is 15.9 Å². The lowest BCUT2D eigenvalue weighted by Gasteiger charge is -2.18. The van der Waals surface area contributed by atoms with Crippen molar-refractivity contribution in [2.45, 2.75) is 26.2 Å². The molecule has 0 amide bonds. The van der Waals surface area contributed by atoms with Gasteiger partial charge in [0.15, 0.2) is 0 Å². The molecule has 6 heteroatoms. The largest absolute Gasteiger partial charge is 0.395 e. The fourth-order valence-electron chi connectivity index (χ4n) is 2.16. The van der Waals surface area contributed by atoms with E-state index in [0.29, 0.717) is 25.2 Å². The van der Waals surface area contributed by atoms with Crippen molar-refractivity contribution in [3.8, 4) is 11.8 Å². The average molecular weight is 308 g/mol. The van der Waals surface area contributed by atoms with E-state index in [4.69, 9.17) is 5.11 Å². The second kappa shape index (κ2) is 6.94. The van der Waals surface area contributed by atoms with Crippen LogP contribution in [0.25, 0.3) is 0 Å². The van der Waals surface area contributed by atoms with Crippen molar-refractivity contribution in [1.82, 2.24) is 4.31 Å². The SMILES string of the molecule is Cc1ccc(C#CCCO)cc1NS(=O)(=O)N1CCCC1. The Morgan fingerprint density at radius 3 is 2.71 bits per heavy atom. The number of nitrogens with one attached hydrogen (secondary N) is 1. The van der Waals surface area contributed by atoms with Crippen molar-refractivity contribution < 1.29 is 13.5 Å². The van der Waals surface area contributed by atoms with Gasteiger partial charge in [-0.15, -0.1) is 0 Å². The minimum Gasteiger partial charge on any atom is -0.395 e. The number of aliphatic hydroxyl groups is 1. The lowest BCUT2D eigenvalue weighted by Crippen LogP contribution is -2.33.